The zero-order valence-electron chi connectivity index (χ0n) is 15.9. The van der Waals surface area contributed by atoms with E-state index in [4.69, 9.17) is 11.6 Å². The zero-order chi connectivity index (χ0) is 18.7. The average molecular weight is 394 g/mol. The lowest BCUT2D eigenvalue weighted by Gasteiger charge is -2.31. The molecule has 26 heavy (non-hydrogen) atoms. The van der Waals surface area contributed by atoms with Crippen LogP contribution in [-0.4, -0.2) is 73.5 Å². The minimum atomic E-state index is 0.0704. The number of hydrogen-bond acceptors (Lipinski definition) is 4. The first-order valence-electron chi connectivity index (χ1n) is 9.36. The largest absolute Gasteiger partial charge is 0.335 e. The summed E-state index contributed by atoms with van der Waals surface area (Å²) in [5, 5.41) is 1.58. The highest BCUT2D eigenvalue weighted by atomic mass is 35.5. The quantitative estimate of drug-likeness (QED) is 0.710. The summed E-state index contributed by atoms with van der Waals surface area (Å²) in [6.07, 6.45) is 2.39. The molecule has 0 bridgehead atoms. The van der Waals surface area contributed by atoms with Crippen LogP contribution in [0.5, 0.6) is 0 Å². The second kappa shape index (κ2) is 8.70. The Kier molecular flexibility index (Phi) is 6.56. The third-order valence-corrected chi connectivity index (χ3v) is 6.83. The maximum absolute atomic E-state index is 13.3. The SMILES string of the molecule is CCN1CCC[C@H]1CN(CCN(C)C)C(=O)c1sc2ccccc2c1Cl. The van der Waals surface area contributed by atoms with E-state index in [0.29, 0.717) is 15.9 Å². The molecule has 0 saturated carbocycles. The van der Waals surface area contributed by atoms with E-state index >= 15 is 0 Å². The molecule has 6 heteroatoms. The molecule has 1 atom stereocenters. The van der Waals surface area contributed by atoms with E-state index in [-0.39, 0.29) is 5.91 Å². The van der Waals surface area contributed by atoms with Crippen LogP contribution in [0, 0.1) is 0 Å². The molecule has 3 rings (SSSR count). The van der Waals surface area contributed by atoms with Gasteiger partial charge in [-0.1, -0.05) is 36.7 Å². The lowest BCUT2D eigenvalue weighted by molar-refractivity contribution is 0.0699. The van der Waals surface area contributed by atoms with E-state index in [1.165, 1.54) is 24.2 Å². The Hall–Kier alpha value is -1.14. The van der Waals surface area contributed by atoms with Crippen LogP contribution in [0.25, 0.3) is 10.1 Å². The number of carbonyl (C=O) groups excluding carboxylic acids is 1. The number of halogens is 1. The summed E-state index contributed by atoms with van der Waals surface area (Å²) in [4.78, 5) is 20.6. The summed E-state index contributed by atoms with van der Waals surface area (Å²) in [6.45, 7) is 6.75. The fourth-order valence-corrected chi connectivity index (χ4v) is 5.14. The van der Waals surface area contributed by atoms with Crippen LogP contribution >= 0.6 is 22.9 Å². The zero-order valence-corrected chi connectivity index (χ0v) is 17.4. The van der Waals surface area contributed by atoms with Crippen LogP contribution in [0.1, 0.15) is 29.4 Å². The van der Waals surface area contributed by atoms with Crippen LogP contribution in [0.15, 0.2) is 24.3 Å². The van der Waals surface area contributed by atoms with Gasteiger partial charge in [0.15, 0.2) is 0 Å². The Morgan fingerprint density at radius 3 is 2.77 bits per heavy atom. The molecule has 1 aliphatic heterocycles. The fraction of sp³-hybridized carbons (Fsp3) is 0.550. The Balaban J connectivity index is 1.84. The van der Waals surface area contributed by atoms with Crippen molar-refractivity contribution >= 4 is 38.9 Å². The summed E-state index contributed by atoms with van der Waals surface area (Å²) in [7, 11) is 4.09. The third-order valence-electron chi connectivity index (χ3n) is 5.17. The van der Waals surface area contributed by atoms with Gasteiger partial charge in [-0.2, -0.15) is 0 Å². The number of likely N-dealkylation sites (tertiary alicyclic amines) is 1. The van der Waals surface area contributed by atoms with Gasteiger partial charge in [-0.3, -0.25) is 9.69 Å². The van der Waals surface area contributed by atoms with Gasteiger partial charge in [0.05, 0.1) is 5.02 Å². The van der Waals surface area contributed by atoms with Crippen molar-refractivity contribution in [2.24, 2.45) is 0 Å². The Labute approximate surface area is 165 Å². The number of benzene rings is 1. The maximum Gasteiger partial charge on any atom is 0.265 e. The molecule has 2 heterocycles. The van der Waals surface area contributed by atoms with E-state index in [0.717, 1.165) is 42.8 Å². The molecule has 2 aromatic rings. The minimum Gasteiger partial charge on any atom is -0.335 e. The summed E-state index contributed by atoms with van der Waals surface area (Å²) < 4.78 is 1.07. The molecular formula is C20H28ClN3OS. The van der Waals surface area contributed by atoms with Gasteiger partial charge in [0.1, 0.15) is 4.88 Å². The molecular weight excluding hydrogens is 366 g/mol. The van der Waals surface area contributed by atoms with Crippen LogP contribution < -0.4 is 0 Å². The molecule has 142 valence electrons. The lowest BCUT2D eigenvalue weighted by atomic mass is 10.2. The fourth-order valence-electron chi connectivity index (χ4n) is 3.66. The molecule has 0 spiro atoms. The molecule has 1 amide bonds. The van der Waals surface area contributed by atoms with Crippen molar-refractivity contribution in [2.45, 2.75) is 25.8 Å². The van der Waals surface area contributed by atoms with Crippen LogP contribution in [0.3, 0.4) is 0 Å². The molecule has 0 unspecified atom stereocenters. The Bertz CT molecular complexity index is 761. The highest BCUT2D eigenvalue weighted by Gasteiger charge is 2.29. The summed E-state index contributed by atoms with van der Waals surface area (Å²) in [6, 6.07) is 8.44. The Morgan fingerprint density at radius 2 is 2.08 bits per heavy atom. The van der Waals surface area contributed by atoms with E-state index in [1.54, 1.807) is 0 Å². The highest BCUT2D eigenvalue weighted by Crippen LogP contribution is 2.36. The first-order valence-corrected chi connectivity index (χ1v) is 10.6. The highest BCUT2D eigenvalue weighted by molar-refractivity contribution is 7.21. The number of nitrogens with zero attached hydrogens (tertiary/aromatic N) is 3. The third kappa shape index (κ3) is 4.22. The van der Waals surface area contributed by atoms with Gasteiger partial charge in [0, 0.05) is 35.8 Å². The predicted octanol–water partition coefficient (Wildman–Crippen LogP) is 4.04. The average Bonchev–Trinajstić information content (AvgIpc) is 3.22. The van der Waals surface area contributed by atoms with Gasteiger partial charge in [-0.05, 0) is 46.1 Å². The van der Waals surface area contributed by atoms with Gasteiger partial charge in [0.2, 0.25) is 0 Å². The second-order valence-corrected chi connectivity index (χ2v) is 8.65. The molecule has 1 aromatic carbocycles. The number of rotatable bonds is 7. The number of amides is 1. The molecule has 1 fully saturated rings. The number of carbonyl (C=O) groups is 1. The monoisotopic (exact) mass is 393 g/mol. The molecule has 0 radical (unpaired) electrons. The van der Waals surface area contributed by atoms with Gasteiger partial charge < -0.3 is 9.80 Å². The Morgan fingerprint density at radius 1 is 1.31 bits per heavy atom. The lowest BCUT2D eigenvalue weighted by Crippen LogP contribution is -2.45. The first kappa shape index (κ1) is 19.6. The van der Waals surface area contributed by atoms with Gasteiger partial charge in [-0.15, -0.1) is 11.3 Å². The first-order chi connectivity index (χ1) is 12.5. The maximum atomic E-state index is 13.3. The van der Waals surface area contributed by atoms with Crippen molar-refractivity contribution in [2.75, 3.05) is 46.8 Å². The van der Waals surface area contributed by atoms with Crippen molar-refractivity contribution in [1.82, 2.24) is 14.7 Å². The molecule has 1 aliphatic rings. The van der Waals surface area contributed by atoms with Crippen molar-refractivity contribution in [3.8, 4) is 0 Å². The van der Waals surface area contributed by atoms with Gasteiger partial charge in [-0.25, -0.2) is 0 Å². The summed E-state index contributed by atoms with van der Waals surface area (Å²) in [5.41, 5.74) is 0. The van der Waals surface area contributed by atoms with Crippen molar-refractivity contribution < 1.29 is 4.79 Å². The normalized spacial score (nSPS) is 18.1. The number of likely N-dealkylation sites (N-methyl/N-ethyl adjacent to an activating group) is 2. The van der Waals surface area contributed by atoms with Crippen LogP contribution in [0.4, 0.5) is 0 Å². The van der Waals surface area contributed by atoms with E-state index in [1.807, 2.05) is 43.3 Å². The van der Waals surface area contributed by atoms with Crippen molar-refractivity contribution in [3.05, 3.63) is 34.2 Å². The molecule has 4 nitrogen and oxygen atoms in total. The second-order valence-electron chi connectivity index (χ2n) is 7.22. The standard InChI is InChI=1S/C20H28ClN3OS/c1-4-23-11-7-8-15(23)14-24(13-12-22(2)3)20(25)19-18(21)16-9-5-6-10-17(16)26-19/h5-6,9-10,15H,4,7-8,11-14H2,1-3H3/t15-/m0/s1. The minimum absolute atomic E-state index is 0.0704. The smallest absolute Gasteiger partial charge is 0.265 e. The van der Waals surface area contributed by atoms with E-state index < -0.39 is 0 Å². The van der Waals surface area contributed by atoms with E-state index in [9.17, 15) is 4.79 Å². The summed E-state index contributed by atoms with van der Waals surface area (Å²) >= 11 is 8.08. The molecule has 1 aromatic heterocycles. The predicted molar refractivity (Wildman–Crippen MR) is 112 cm³/mol. The number of hydrogen-bond donors (Lipinski definition) is 0. The number of fused-ring (bicyclic) bond motifs is 1. The van der Waals surface area contributed by atoms with Gasteiger partial charge in [0.25, 0.3) is 5.91 Å². The van der Waals surface area contributed by atoms with E-state index in [2.05, 4.69) is 16.7 Å². The van der Waals surface area contributed by atoms with Crippen LogP contribution in [0.2, 0.25) is 5.02 Å². The van der Waals surface area contributed by atoms with Crippen molar-refractivity contribution in [1.29, 1.82) is 0 Å². The van der Waals surface area contributed by atoms with Crippen LogP contribution in [-0.2, 0) is 0 Å². The van der Waals surface area contributed by atoms with Crippen molar-refractivity contribution in [3.63, 3.8) is 0 Å². The molecule has 0 N–H and O–H groups in total. The number of thiophene rings is 1. The van der Waals surface area contributed by atoms with Gasteiger partial charge >= 0.3 is 0 Å². The topological polar surface area (TPSA) is 26.8 Å². The molecule has 0 aliphatic carbocycles. The summed E-state index contributed by atoms with van der Waals surface area (Å²) in [5.74, 6) is 0.0704. The molecule has 1 saturated heterocycles.